The smallest absolute Gasteiger partial charge is 0.144 e. The van der Waals surface area contributed by atoms with E-state index in [1.54, 1.807) is 11.8 Å². The molecule has 0 aliphatic rings. The van der Waals surface area contributed by atoms with Crippen LogP contribution >= 0.6 is 39.3 Å². The standard InChI is InChI=1S/C15H17BrClN3S/c1-9(2)14-13(16)15(18-3)20-12(19-14)8-21-11-7-5-4-6-10(11)17/h4-7,9H,8H2,1-3H3,(H,18,19,20). The van der Waals surface area contributed by atoms with Crippen molar-refractivity contribution in [1.29, 1.82) is 0 Å². The first-order valence-electron chi connectivity index (χ1n) is 6.64. The molecule has 0 unspecified atom stereocenters. The summed E-state index contributed by atoms with van der Waals surface area (Å²) in [4.78, 5) is 10.3. The van der Waals surface area contributed by atoms with Crippen molar-refractivity contribution in [3.63, 3.8) is 0 Å². The van der Waals surface area contributed by atoms with E-state index in [9.17, 15) is 0 Å². The molecule has 0 atom stereocenters. The molecule has 0 fully saturated rings. The van der Waals surface area contributed by atoms with E-state index in [1.165, 1.54) is 0 Å². The topological polar surface area (TPSA) is 37.8 Å². The molecule has 3 nitrogen and oxygen atoms in total. The second kappa shape index (κ2) is 7.47. The third-order valence-corrected chi connectivity index (χ3v) is 5.19. The summed E-state index contributed by atoms with van der Waals surface area (Å²) < 4.78 is 0.937. The molecule has 6 heteroatoms. The van der Waals surface area contributed by atoms with Crippen LogP contribution in [0.5, 0.6) is 0 Å². The van der Waals surface area contributed by atoms with Gasteiger partial charge < -0.3 is 5.32 Å². The Balaban J connectivity index is 2.24. The highest BCUT2D eigenvalue weighted by Gasteiger charge is 2.14. The quantitative estimate of drug-likeness (QED) is 0.703. The number of hydrogen-bond acceptors (Lipinski definition) is 4. The lowest BCUT2D eigenvalue weighted by Crippen LogP contribution is -2.06. The molecule has 0 aliphatic heterocycles. The molecule has 1 N–H and O–H groups in total. The number of hydrogen-bond donors (Lipinski definition) is 1. The van der Waals surface area contributed by atoms with Crippen molar-refractivity contribution < 1.29 is 0 Å². The molecule has 1 aromatic heterocycles. The van der Waals surface area contributed by atoms with Crippen LogP contribution in [-0.4, -0.2) is 17.0 Å². The van der Waals surface area contributed by atoms with Crippen LogP contribution in [0.4, 0.5) is 5.82 Å². The van der Waals surface area contributed by atoms with Gasteiger partial charge in [-0.25, -0.2) is 9.97 Å². The molecule has 0 radical (unpaired) electrons. The molecule has 0 saturated carbocycles. The third-order valence-electron chi connectivity index (χ3n) is 2.90. The fraction of sp³-hybridized carbons (Fsp3) is 0.333. The molecule has 2 rings (SSSR count). The minimum absolute atomic E-state index is 0.332. The Labute approximate surface area is 143 Å². The zero-order chi connectivity index (χ0) is 15.4. The van der Waals surface area contributed by atoms with E-state index in [2.05, 4.69) is 45.1 Å². The number of halogens is 2. The van der Waals surface area contributed by atoms with E-state index in [4.69, 9.17) is 11.6 Å². The fourth-order valence-corrected chi connectivity index (χ4v) is 3.76. The van der Waals surface area contributed by atoms with E-state index in [1.807, 2.05) is 31.3 Å². The maximum atomic E-state index is 6.17. The molecule has 0 saturated heterocycles. The molecule has 1 heterocycles. The number of nitrogens with zero attached hydrogens (tertiary/aromatic N) is 2. The molecular formula is C15H17BrClN3S. The zero-order valence-electron chi connectivity index (χ0n) is 12.2. The molecule has 0 spiro atoms. The van der Waals surface area contributed by atoms with Crippen LogP contribution in [0.25, 0.3) is 0 Å². The van der Waals surface area contributed by atoms with Crippen LogP contribution in [0, 0.1) is 0 Å². The lowest BCUT2D eigenvalue weighted by molar-refractivity contribution is 0.793. The highest BCUT2D eigenvalue weighted by atomic mass is 79.9. The van der Waals surface area contributed by atoms with Crippen LogP contribution < -0.4 is 5.32 Å². The average Bonchev–Trinajstić information content (AvgIpc) is 2.47. The molecule has 0 aliphatic carbocycles. The van der Waals surface area contributed by atoms with Crippen molar-refractivity contribution in [1.82, 2.24) is 9.97 Å². The first-order chi connectivity index (χ1) is 10.0. The minimum atomic E-state index is 0.332. The summed E-state index contributed by atoms with van der Waals surface area (Å²) in [5.74, 6) is 2.64. The number of anilines is 1. The number of benzene rings is 1. The number of nitrogens with one attached hydrogen (secondary N) is 1. The monoisotopic (exact) mass is 385 g/mol. The number of rotatable bonds is 5. The van der Waals surface area contributed by atoms with Gasteiger partial charge in [0.05, 0.1) is 20.9 Å². The highest BCUT2D eigenvalue weighted by molar-refractivity contribution is 9.10. The SMILES string of the molecule is CNc1nc(CSc2ccccc2Cl)nc(C(C)C)c1Br. The van der Waals surface area contributed by atoms with Gasteiger partial charge in [0.1, 0.15) is 11.6 Å². The predicted octanol–water partition coefficient (Wildman–Crippen LogP) is 5.35. The van der Waals surface area contributed by atoms with Crippen molar-refractivity contribution in [2.45, 2.75) is 30.4 Å². The summed E-state index contributed by atoms with van der Waals surface area (Å²) >= 11 is 11.4. The summed E-state index contributed by atoms with van der Waals surface area (Å²) in [6, 6.07) is 7.81. The van der Waals surface area contributed by atoms with Crippen molar-refractivity contribution in [3.8, 4) is 0 Å². The van der Waals surface area contributed by atoms with E-state index in [-0.39, 0.29) is 0 Å². The van der Waals surface area contributed by atoms with Gasteiger partial charge in [-0.3, -0.25) is 0 Å². The van der Waals surface area contributed by atoms with Gasteiger partial charge in [0.2, 0.25) is 0 Å². The molecular weight excluding hydrogens is 370 g/mol. The lowest BCUT2D eigenvalue weighted by atomic mass is 10.1. The average molecular weight is 387 g/mol. The predicted molar refractivity (Wildman–Crippen MR) is 94.4 cm³/mol. The first kappa shape index (κ1) is 16.6. The molecule has 112 valence electrons. The van der Waals surface area contributed by atoms with Gasteiger partial charge in [0.15, 0.2) is 0 Å². The maximum Gasteiger partial charge on any atom is 0.144 e. The van der Waals surface area contributed by atoms with Crippen molar-refractivity contribution >= 4 is 45.1 Å². The largest absolute Gasteiger partial charge is 0.372 e. The first-order valence-corrected chi connectivity index (χ1v) is 8.80. The summed E-state index contributed by atoms with van der Waals surface area (Å²) in [5, 5.41) is 3.87. The van der Waals surface area contributed by atoms with Gasteiger partial charge in [-0.1, -0.05) is 37.6 Å². The Bertz CT molecular complexity index is 634. The summed E-state index contributed by atoms with van der Waals surface area (Å²) in [7, 11) is 1.86. The van der Waals surface area contributed by atoms with Crippen LogP contribution in [0.3, 0.4) is 0 Å². The summed E-state index contributed by atoms with van der Waals surface area (Å²) in [5.41, 5.74) is 1.02. The Kier molecular flexibility index (Phi) is 5.90. The van der Waals surface area contributed by atoms with E-state index < -0.39 is 0 Å². The second-order valence-corrected chi connectivity index (χ2v) is 7.03. The van der Waals surface area contributed by atoms with E-state index >= 15 is 0 Å². The van der Waals surface area contributed by atoms with Crippen molar-refractivity contribution in [3.05, 3.63) is 45.3 Å². The lowest BCUT2D eigenvalue weighted by Gasteiger charge is -2.13. The zero-order valence-corrected chi connectivity index (χ0v) is 15.3. The van der Waals surface area contributed by atoms with Gasteiger partial charge >= 0.3 is 0 Å². The summed E-state index contributed by atoms with van der Waals surface area (Å²) in [6.45, 7) is 4.25. The Morgan fingerprint density at radius 2 is 2.00 bits per heavy atom. The number of thioether (sulfide) groups is 1. The summed E-state index contributed by atoms with van der Waals surface area (Å²) in [6.07, 6.45) is 0. The minimum Gasteiger partial charge on any atom is -0.372 e. The van der Waals surface area contributed by atoms with Crippen molar-refractivity contribution in [2.75, 3.05) is 12.4 Å². The molecule has 2 aromatic rings. The normalized spacial score (nSPS) is 11.0. The van der Waals surface area contributed by atoms with Gasteiger partial charge in [0, 0.05) is 11.9 Å². The maximum absolute atomic E-state index is 6.17. The highest BCUT2D eigenvalue weighted by Crippen LogP contribution is 2.32. The van der Waals surface area contributed by atoms with E-state index in [0.29, 0.717) is 11.7 Å². The van der Waals surface area contributed by atoms with Crippen LogP contribution in [0.1, 0.15) is 31.3 Å². The second-order valence-electron chi connectivity index (χ2n) is 4.81. The van der Waals surface area contributed by atoms with Gasteiger partial charge in [-0.15, -0.1) is 11.8 Å². The van der Waals surface area contributed by atoms with E-state index in [0.717, 1.165) is 31.7 Å². The number of aromatic nitrogens is 2. The van der Waals surface area contributed by atoms with Gasteiger partial charge in [-0.2, -0.15) is 0 Å². The van der Waals surface area contributed by atoms with Crippen molar-refractivity contribution in [2.24, 2.45) is 0 Å². The Morgan fingerprint density at radius 3 is 2.62 bits per heavy atom. The molecule has 0 amide bonds. The van der Waals surface area contributed by atoms with Crippen LogP contribution in [0.2, 0.25) is 5.02 Å². The molecule has 21 heavy (non-hydrogen) atoms. The Hall–Kier alpha value is -0.780. The van der Waals surface area contributed by atoms with Crippen LogP contribution in [-0.2, 0) is 5.75 Å². The molecule has 1 aromatic carbocycles. The Morgan fingerprint density at radius 1 is 1.29 bits per heavy atom. The van der Waals surface area contributed by atoms with Gasteiger partial charge in [0.25, 0.3) is 0 Å². The fourth-order valence-electron chi connectivity index (χ4n) is 1.83. The molecule has 0 bridgehead atoms. The van der Waals surface area contributed by atoms with Crippen LogP contribution in [0.15, 0.2) is 33.6 Å². The van der Waals surface area contributed by atoms with Gasteiger partial charge in [-0.05, 0) is 34.0 Å². The third kappa shape index (κ3) is 4.11.